The van der Waals surface area contributed by atoms with E-state index in [0.717, 1.165) is 72.5 Å². The SMILES string of the molecule is CC1(C)c2ccccc2-c2ccc(N(c3ccc4c5ccccc5n(-c5ccccc5)c4c3)c3cc(-c4cccc5c4oc4ccccc45)ccc3-c3ccccc3)cc21. The minimum Gasteiger partial charge on any atom is -0.455 e. The highest BCUT2D eigenvalue weighted by Gasteiger charge is 2.36. The summed E-state index contributed by atoms with van der Waals surface area (Å²) < 4.78 is 9.05. The van der Waals surface area contributed by atoms with Crippen molar-refractivity contribution < 1.29 is 4.42 Å². The third-order valence-electron chi connectivity index (χ3n) is 12.8. The van der Waals surface area contributed by atoms with Gasteiger partial charge >= 0.3 is 0 Å². The van der Waals surface area contributed by atoms with Crippen molar-refractivity contribution in [2.45, 2.75) is 19.3 Å². The number of nitrogens with zero attached hydrogens (tertiary/aromatic N) is 2. The van der Waals surface area contributed by atoms with Crippen molar-refractivity contribution in [3.05, 3.63) is 217 Å². The molecule has 0 saturated carbocycles. The topological polar surface area (TPSA) is 21.3 Å². The third kappa shape index (κ3) is 5.15. The molecule has 0 spiro atoms. The Morgan fingerprint density at radius 1 is 0.417 bits per heavy atom. The number of hydrogen-bond donors (Lipinski definition) is 0. The van der Waals surface area contributed by atoms with Crippen molar-refractivity contribution in [3.8, 4) is 39.1 Å². The summed E-state index contributed by atoms with van der Waals surface area (Å²) in [7, 11) is 0. The second kappa shape index (κ2) is 13.2. The molecule has 0 N–H and O–H groups in total. The summed E-state index contributed by atoms with van der Waals surface area (Å²) in [6.45, 7) is 4.72. The molecule has 1 aliphatic carbocycles. The lowest BCUT2D eigenvalue weighted by atomic mass is 9.82. The lowest BCUT2D eigenvalue weighted by Gasteiger charge is -2.30. The molecule has 3 heteroatoms. The summed E-state index contributed by atoms with van der Waals surface area (Å²) in [4.78, 5) is 2.48. The first-order chi connectivity index (χ1) is 29.5. The molecule has 0 atom stereocenters. The van der Waals surface area contributed by atoms with Gasteiger partial charge in [0.25, 0.3) is 0 Å². The molecule has 0 aliphatic heterocycles. The highest BCUT2D eigenvalue weighted by atomic mass is 16.3. The Labute approximate surface area is 349 Å². The number of fused-ring (bicyclic) bond motifs is 9. The normalized spacial score (nSPS) is 13.0. The summed E-state index contributed by atoms with van der Waals surface area (Å²) >= 11 is 0. The Morgan fingerprint density at radius 2 is 1.05 bits per heavy atom. The fraction of sp³-hybridized carbons (Fsp3) is 0.0526. The number of para-hydroxylation sites is 4. The molecular formula is C57H40N2O. The van der Waals surface area contributed by atoms with Crippen molar-refractivity contribution in [1.29, 1.82) is 0 Å². The lowest BCUT2D eigenvalue weighted by Crippen LogP contribution is -2.17. The Balaban J connectivity index is 1.16. The summed E-state index contributed by atoms with van der Waals surface area (Å²) in [5.41, 5.74) is 18.1. The predicted octanol–water partition coefficient (Wildman–Crippen LogP) is 15.8. The maximum absolute atomic E-state index is 6.64. The maximum Gasteiger partial charge on any atom is 0.143 e. The Hall–Kier alpha value is -7.62. The molecular weight excluding hydrogens is 729 g/mol. The van der Waals surface area contributed by atoms with Gasteiger partial charge in [-0.1, -0.05) is 166 Å². The van der Waals surface area contributed by atoms with Crippen LogP contribution in [0.1, 0.15) is 25.0 Å². The van der Waals surface area contributed by atoms with Crippen molar-refractivity contribution in [1.82, 2.24) is 4.57 Å². The summed E-state index contributed by atoms with van der Waals surface area (Å²) in [5, 5.41) is 4.70. The first-order valence-corrected chi connectivity index (χ1v) is 20.8. The van der Waals surface area contributed by atoms with Crippen LogP contribution in [0.4, 0.5) is 17.1 Å². The molecule has 12 rings (SSSR count). The van der Waals surface area contributed by atoms with Crippen molar-refractivity contribution in [2.24, 2.45) is 0 Å². The van der Waals surface area contributed by atoms with Crippen LogP contribution in [0.2, 0.25) is 0 Å². The largest absolute Gasteiger partial charge is 0.455 e. The second-order valence-electron chi connectivity index (χ2n) is 16.5. The summed E-state index contributed by atoms with van der Waals surface area (Å²) in [5.74, 6) is 0. The van der Waals surface area contributed by atoms with Gasteiger partial charge in [-0.25, -0.2) is 0 Å². The molecule has 0 unspecified atom stereocenters. The van der Waals surface area contributed by atoms with E-state index in [1.807, 2.05) is 6.07 Å². The number of benzene rings is 9. The van der Waals surface area contributed by atoms with Gasteiger partial charge < -0.3 is 13.9 Å². The first kappa shape index (κ1) is 34.4. The van der Waals surface area contributed by atoms with Crippen molar-refractivity contribution in [3.63, 3.8) is 0 Å². The van der Waals surface area contributed by atoms with Crippen LogP contribution in [0.3, 0.4) is 0 Å². The first-order valence-electron chi connectivity index (χ1n) is 20.8. The molecule has 0 radical (unpaired) electrons. The maximum atomic E-state index is 6.64. The smallest absolute Gasteiger partial charge is 0.143 e. The minimum absolute atomic E-state index is 0.168. The highest BCUT2D eigenvalue weighted by Crippen LogP contribution is 2.52. The van der Waals surface area contributed by atoms with Gasteiger partial charge in [-0.3, -0.25) is 0 Å². The Kier molecular flexibility index (Phi) is 7.58. The van der Waals surface area contributed by atoms with Crippen molar-refractivity contribution >= 4 is 60.8 Å². The van der Waals surface area contributed by atoms with Gasteiger partial charge in [0, 0.05) is 55.1 Å². The molecule has 1 aliphatic rings. The van der Waals surface area contributed by atoms with Gasteiger partial charge in [0.05, 0.1) is 16.7 Å². The molecule has 2 heterocycles. The van der Waals surface area contributed by atoms with Crippen LogP contribution in [0, 0.1) is 0 Å². The minimum atomic E-state index is -0.168. The summed E-state index contributed by atoms with van der Waals surface area (Å²) in [6, 6.07) is 75.0. The number of hydrogen-bond acceptors (Lipinski definition) is 2. The quantitative estimate of drug-likeness (QED) is 0.168. The third-order valence-corrected chi connectivity index (χ3v) is 12.8. The Morgan fingerprint density at radius 3 is 1.92 bits per heavy atom. The van der Waals surface area contributed by atoms with E-state index in [9.17, 15) is 0 Å². The van der Waals surface area contributed by atoms with Crippen LogP contribution >= 0.6 is 0 Å². The zero-order chi connectivity index (χ0) is 40.0. The number of furan rings is 1. The van der Waals surface area contributed by atoms with Crippen LogP contribution in [0.5, 0.6) is 0 Å². The van der Waals surface area contributed by atoms with E-state index in [1.165, 1.54) is 38.5 Å². The van der Waals surface area contributed by atoms with Gasteiger partial charge in [0.2, 0.25) is 0 Å². The number of anilines is 3. The standard InChI is InChI=1S/C57H40N2O/c1-57(2)50-25-12-9-20-44(50)45-32-29-40(35-51(45)57)58(41-30-33-47-46-21-10-13-26-52(46)59(54(47)36-41)39-18-7-4-8-19-39)53-34-38(28-31-42(53)37-16-5-3-6-17-37)43-23-15-24-49-48-22-11-14-27-55(48)60-56(43)49/h3-36H,1-2H3. The van der Waals surface area contributed by atoms with Crippen LogP contribution < -0.4 is 4.90 Å². The van der Waals surface area contributed by atoms with E-state index in [2.05, 4.69) is 224 Å². The summed E-state index contributed by atoms with van der Waals surface area (Å²) in [6.07, 6.45) is 0. The van der Waals surface area contributed by atoms with E-state index in [1.54, 1.807) is 0 Å². The number of rotatable bonds is 6. The molecule has 0 bridgehead atoms. The molecule has 3 nitrogen and oxygen atoms in total. The van der Waals surface area contributed by atoms with Gasteiger partial charge in [0.1, 0.15) is 11.2 Å². The molecule has 60 heavy (non-hydrogen) atoms. The van der Waals surface area contributed by atoms with Crippen LogP contribution in [-0.4, -0.2) is 4.57 Å². The highest BCUT2D eigenvalue weighted by molar-refractivity contribution is 6.12. The van der Waals surface area contributed by atoms with Gasteiger partial charge in [0.15, 0.2) is 0 Å². The average Bonchev–Trinajstić information content (AvgIpc) is 3.92. The fourth-order valence-electron chi connectivity index (χ4n) is 9.93. The molecule has 2 aromatic heterocycles. The Bertz CT molecular complexity index is 3460. The fourth-order valence-corrected chi connectivity index (χ4v) is 9.93. The van der Waals surface area contributed by atoms with Gasteiger partial charge in [-0.2, -0.15) is 0 Å². The zero-order valence-corrected chi connectivity index (χ0v) is 33.4. The van der Waals surface area contributed by atoms with E-state index in [0.29, 0.717) is 0 Å². The van der Waals surface area contributed by atoms with Gasteiger partial charge in [-0.15, -0.1) is 0 Å². The lowest BCUT2D eigenvalue weighted by molar-refractivity contribution is 0.660. The van der Waals surface area contributed by atoms with Crippen LogP contribution in [0.15, 0.2) is 211 Å². The second-order valence-corrected chi connectivity index (χ2v) is 16.5. The number of aromatic nitrogens is 1. The molecule has 0 fully saturated rings. The van der Waals surface area contributed by atoms with Crippen molar-refractivity contribution in [2.75, 3.05) is 4.90 Å². The van der Waals surface area contributed by atoms with E-state index in [-0.39, 0.29) is 5.41 Å². The molecule has 0 amide bonds. The van der Waals surface area contributed by atoms with Crippen LogP contribution in [-0.2, 0) is 5.41 Å². The van der Waals surface area contributed by atoms with E-state index < -0.39 is 0 Å². The van der Waals surface area contributed by atoms with Gasteiger partial charge in [-0.05, 0) is 88.0 Å². The monoisotopic (exact) mass is 768 g/mol. The van der Waals surface area contributed by atoms with Crippen LogP contribution in [0.25, 0.3) is 82.8 Å². The molecule has 11 aromatic rings. The van der Waals surface area contributed by atoms with E-state index in [4.69, 9.17) is 4.42 Å². The zero-order valence-electron chi connectivity index (χ0n) is 33.4. The average molecular weight is 769 g/mol. The molecule has 9 aromatic carbocycles. The molecule has 0 saturated heterocycles. The molecule has 284 valence electrons. The predicted molar refractivity (Wildman–Crippen MR) is 251 cm³/mol. The van der Waals surface area contributed by atoms with E-state index >= 15 is 0 Å².